The highest BCUT2D eigenvalue weighted by atomic mass is 19.3. The van der Waals surface area contributed by atoms with E-state index in [1.54, 1.807) is 13.0 Å². The number of fused-ring (bicyclic) bond motifs is 9. The molecule has 13 nitrogen and oxygen atoms in total. The predicted octanol–water partition coefficient (Wildman–Crippen LogP) is 4.71. The number of methoxy groups -OCH3 is 1. The van der Waals surface area contributed by atoms with E-state index in [2.05, 4.69) is 26.5 Å². The molecule has 4 aliphatic rings. The van der Waals surface area contributed by atoms with E-state index in [1.165, 1.54) is 51.3 Å². The number of phenols is 1. The van der Waals surface area contributed by atoms with Crippen molar-refractivity contribution >= 4 is 23.9 Å². The van der Waals surface area contributed by atoms with Gasteiger partial charge in [-0.1, -0.05) is 24.3 Å². The lowest BCUT2D eigenvalue weighted by Crippen LogP contribution is -2.69. The third kappa shape index (κ3) is 6.56. The summed E-state index contributed by atoms with van der Waals surface area (Å²) in [6.45, 7) is 6.33. The van der Waals surface area contributed by atoms with Crippen molar-refractivity contribution in [2.75, 3.05) is 27.5 Å². The average molecular weight is 772 g/mol. The van der Waals surface area contributed by atoms with Crippen molar-refractivity contribution in [3.63, 3.8) is 0 Å². The van der Waals surface area contributed by atoms with E-state index < -0.39 is 54.4 Å². The van der Waals surface area contributed by atoms with Gasteiger partial charge >= 0.3 is 5.97 Å². The lowest BCUT2D eigenvalue weighted by atomic mass is 9.71. The second-order valence-corrected chi connectivity index (χ2v) is 14.6. The fraction of sp³-hybridized carbons (Fsp3) is 0.415. The van der Waals surface area contributed by atoms with Gasteiger partial charge in [0.15, 0.2) is 23.0 Å². The van der Waals surface area contributed by atoms with Crippen molar-refractivity contribution in [3.05, 3.63) is 80.9 Å². The van der Waals surface area contributed by atoms with Gasteiger partial charge in [-0.05, 0) is 69.5 Å². The smallest absolute Gasteiger partial charge is 0.308 e. The number of hydrogen-bond acceptors (Lipinski definition) is 11. The number of nitriles is 1. The first kappa shape index (κ1) is 38.6. The molecule has 2 bridgehead atoms. The maximum Gasteiger partial charge on any atom is 0.308 e. The molecule has 4 heterocycles. The molecule has 1 saturated heterocycles. The van der Waals surface area contributed by atoms with Crippen molar-refractivity contribution in [2.24, 2.45) is 0 Å². The lowest BCUT2D eigenvalue weighted by Gasteiger charge is -2.60. The van der Waals surface area contributed by atoms with Gasteiger partial charge in [-0.2, -0.15) is 5.26 Å². The zero-order valence-electron chi connectivity index (χ0n) is 31.8. The molecule has 0 aromatic heterocycles. The number of nitrogens with one attached hydrogen (secondary N) is 2. The van der Waals surface area contributed by atoms with Crippen LogP contribution in [-0.4, -0.2) is 84.4 Å². The normalized spacial score (nSPS) is 22.8. The molecule has 1 fully saturated rings. The van der Waals surface area contributed by atoms with E-state index in [0.29, 0.717) is 57.2 Å². The standard InChI is InChI=1S/C41H43F2N5O8/c1-19-12-25-14-27-29(16-44)48-28(34(47(27)5)32(25)35(51)36(19)53-6)15-26-33(39-38(54-18-55-39)20(2)37(26)56-22(4)49)30(48)17-45-41(52)21(3)46-31(50)11-10-23-8-7-9-24(13-23)40(42)43/h7-13,21,27-30,34,40,51H,14-15,17-18H2,1-6H3,(H,45,52)(H,46,50)/t21-,27+,28?,29+,30+,34+/m1/s1. The number of benzene rings is 3. The summed E-state index contributed by atoms with van der Waals surface area (Å²) in [6.07, 6.45) is 0.638. The van der Waals surface area contributed by atoms with Crippen LogP contribution in [0.3, 0.4) is 0 Å². The van der Waals surface area contributed by atoms with Crippen LogP contribution in [-0.2, 0) is 27.2 Å². The Hall–Kier alpha value is -5.72. The summed E-state index contributed by atoms with van der Waals surface area (Å²) in [4.78, 5) is 43.3. The first-order chi connectivity index (χ1) is 26.7. The monoisotopic (exact) mass is 771 g/mol. The van der Waals surface area contributed by atoms with Gasteiger partial charge in [0, 0.05) is 59.4 Å². The number of rotatable bonds is 9. The van der Waals surface area contributed by atoms with Crippen LogP contribution in [0.15, 0.2) is 36.4 Å². The molecule has 294 valence electrons. The van der Waals surface area contributed by atoms with E-state index in [4.69, 9.17) is 18.9 Å². The molecule has 15 heteroatoms. The molecule has 3 aromatic carbocycles. The number of ether oxygens (including phenoxy) is 4. The summed E-state index contributed by atoms with van der Waals surface area (Å²) in [7, 11) is 3.44. The Labute approximate surface area is 322 Å². The number of phenolic OH excluding ortho intramolecular Hbond substituents is 1. The van der Waals surface area contributed by atoms with Gasteiger partial charge in [-0.15, -0.1) is 0 Å². The van der Waals surface area contributed by atoms with Crippen molar-refractivity contribution in [2.45, 2.75) is 83.2 Å². The van der Waals surface area contributed by atoms with Gasteiger partial charge in [0.2, 0.25) is 18.6 Å². The van der Waals surface area contributed by atoms with Crippen LogP contribution in [0.5, 0.6) is 28.7 Å². The molecule has 56 heavy (non-hydrogen) atoms. The van der Waals surface area contributed by atoms with Crippen LogP contribution in [0, 0.1) is 25.2 Å². The summed E-state index contributed by atoms with van der Waals surface area (Å²) in [5.41, 5.74) is 4.40. The van der Waals surface area contributed by atoms with Gasteiger partial charge in [-0.25, -0.2) is 8.78 Å². The summed E-state index contributed by atoms with van der Waals surface area (Å²) in [5, 5.41) is 28.3. The van der Waals surface area contributed by atoms with Gasteiger partial charge in [-0.3, -0.25) is 24.2 Å². The number of hydrogen-bond donors (Lipinski definition) is 3. The van der Waals surface area contributed by atoms with Crippen molar-refractivity contribution in [3.8, 4) is 34.8 Å². The molecule has 2 amide bonds. The van der Waals surface area contributed by atoms with Crippen LogP contribution >= 0.6 is 0 Å². The molecule has 0 aliphatic carbocycles. The number of carbonyl (C=O) groups excluding carboxylic acids is 3. The van der Waals surface area contributed by atoms with Gasteiger partial charge in [0.05, 0.1) is 25.3 Å². The summed E-state index contributed by atoms with van der Waals surface area (Å²) < 4.78 is 49.8. The molecule has 1 unspecified atom stereocenters. The summed E-state index contributed by atoms with van der Waals surface area (Å²) >= 11 is 0. The van der Waals surface area contributed by atoms with Crippen LogP contribution in [0.2, 0.25) is 0 Å². The van der Waals surface area contributed by atoms with Gasteiger partial charge in [0.1, 0.15) is 17.8 Å². The molecule has 3 N–H and O–H groups in total. The number of carbonyl (C=O) groups is 3. The molecule has 4 aliphatic heterocycles. The molecule has 7 rings (SSSR count). The lowest BCUT2D eigenvalue weighted by molar-refractivity contribution is -0.132. The summed E-state index contributed by atoms with van der Waals surface area (Å²) in [5.74, 6) is -0.172. The Balaban J connectivity index is 1.26. The Morgan fingerprint density at radius 2 is 1.86 bits per heavy atom. The zero-order chi connectivity index (χ0) is 40.2. The molecular weight excluding hydrogens is 728 g/mol. The average Bonchev–Trinajstić information content (AvgIpc) is 3.65. The predicted molar refractivity (Wildman–Crippen MR) is 199 cm³/mol. The number of aromatic hydroxyl groups is 1. The minimum absolute atomic E-state index is 0.0197. The Morgan fingerprint density at radius 3 is 2.55 bits per heavy atom. The molecule has 0 radical (unpaired) electrons. The van der Waals surface area contributed by atoms with Crippen molar-refractivity contribution in [1.29, 1.82) is 5.26 Å². The van der Waals surface area contributed by atoms with Crippen molar-refractivity contribution in [1.82, 2.24) is 20.4 Å². The fourth-order valence-electron chi connectivity index (χ4n) is 8.96. The molecule has 0 spiro atoms. The molecular formula is C41H43F2N5O8. The SMILES string of the molecule is COc1c(C)cc2c(c1O)[C@@H]1C3Cc4c(OC(C)=O)c(C)c5c(c4[C@H](CNC(=O)[C@@H](C)NC(=O)C=Cc4cccc(C(F)F)c4)N3[C@@H](C#N)[C@H](C2)N1C)OCO5. The van der Waals surface area contributed by atoms with E-state index in [-0.39, 0.29) is 37.1 Å². The number of halogens is 2. The number of esters is 1. The second-order valence-electron chi connectivity index (χ2n) is 14.6. The molecule has 6 atom stereocenters. The van der Waals surface area contributed by atoms with E-state index in [1.807, 2.05) is 20.0 Å². The Bertz CT molecular complexity index is 2190. The third-order valence-corrected chi connectivity index (χ3v) is 11.3. The first-order valence-electron chi connectivity index (χ1n) is 18.3. The third-order valence-electron chi connectivity index (χ3n) is 11.3. The van der Waals surface area contributed by atoms with E-state index in [0.717, 1.165) is 11.1 Å². The van der Waals surface area contributed by atoms with Crippen LogP contribution in [0.1, 0.15) is 76.9 Å². The highest BCUT2D eigenvalue weighted by Crippen LogP contribution is 2.58. The fourth-order valence-corrected chi connectivity index (χ4v) is 8.96. The highest BCUT2D eigenvalue weighted by molar-refractivity contribution is 5.95. The maximum absolute atomic E-state index is 13.7. The number of likely N-dealkylation sites (N-methyl/N-ethyl adjacent to an activating group) is 1. The number of piperazine rings is 1. The Morgan fingerprint density at radius 1 is 1.11 bits per heavy atom. The maximum atomic E-state index is 13.7. The second kappa shape index (κ2) is 15.1. The van der Waals surface area contributed by atoms with Crippen LogP contribution < -0.4 is 29.6 Å². The van der Waals surface area contributed by atoms with Crippen LogP contribution in [0.25, 0.3) is 6.08 Å². The number of aryl methyl sites for hydroxylation is 1. The van der Waals surface area contributed by atoms with Gasteiger partial charge < -0.3 is 34.7 Å². The summed E-state index contributed by atoms with van der Waals surface area (Å²) in [6, 6.07) is 6.50. The number of alkyl halides is 2. The largest absolute Gasteiger partial charge is 0.504 e. The molecule has 0 saturated carbocycles. The van der Waals surface area contributed by atoms with E-state index >= 15 is 0 Å². The quantitative estimate of drug-likeness (QED) is 0.157. The topological polar surface area (TPSA) is 163 Å². The highest BCUT2D eigenvalue weighted by Gasteiger charge is 2.57. The van der Waals surface area contributed by atoms with Crippen molar-refractivity contribution < 1.29 is 47.2 Å². The number of amides is 2. The van der Waals surface area contributed by atoms with Gasteiger partial charge in [0.25, 0.3) is 6.43 Å². The minimum Gasteiger partial charge on any atom is -0.504 e. The first-order valence-corrected chi connectivity index (χ1v) is 18.3. The zero-order valence-corrected chi connectivity index (χ0v) is 31.8. The van der Waals surface area contributed by atoms with Crippen LogP contribution in [0.4, 0.5) is 8.78 Å². The molecule has 3 aromatic rings. The Kier molecular flexibility index (Phi) is 10.4. The number of nitrogens with zero attached hydrogens (tertiary/aromatic N) is 3. The minimum atomic E-state index is -2.66. The van der Waals surface area contributed by atoms with E-state index in [9.17, 15) is 33.5 Å².